The Morgan fingerprint density at radius 2 is 2.18 bits per heavy atom. The lowest BCUT2D eigenvalue weighted by molar-refractivity contribution is 0.148. The molecular weight excluding hydrogens is 216 g/mol. The highest BCUT2D eigenvalue weighted by Gasteiger charge is 2.04. The summed E-state index contributed by atoms with van der Waals surface area (Å²) in [5, 5.41) is 0. The predicted octanol–water partition coefficient (Wildman–Crippen LogP) is 2.65. The van der Waals surface area contributed by atoms with E-state index in [1.807, 2.05) is 0 Å². The molecule has 1 nitrogen and oxygen atoms in total. The van der Waals surface area contributed by atoms with Gasteiger partial charge in [0.1, 0.15) is 4.60 Å². The van der Waals surface area contributed by atoms with Crippen LogP contribution in [0.2, 0.25) is 0 Å². The van der Waals surface area contributed by atoms with E-state index in [1.165, 1.54) is 0 Å². The zero-order valence-electron chi connectivity index (χ0n) is 5.60. The zero-order valence-corrected chi connectivity index (χ0v) is 7.18. The highest BCUT2D eigenvalue weighted by Crippen LogP contribution is 2.09. The lowest BCUT2D eigenvalue weighted by Crippen LogP contribution is -1.98. The molecule has 4 heteroatoms. The summed E-state index contributed by atoms with van der Waals surface area (Å²) in [5.74, 6) is 0. The van der Waals surface area contributed by atoms with Gasteiger partial charge < -0.3 is 0 Å². The number of hydrogen-bond donors (Lipinski definition) is 0. The van der Waals surface area contributed by atoms with Crippen molar-refractivity contribution < 1.29 is 8.78 Å². The minimum atomic E-state index is -2.32. The lowest BCUT2D eigenvalue weighted by Gasteiger charge is -1.98. The zero-order chi connectivity index (χ0) is 8.27. The SMILES string of the molecule is FC(F)Cc1cccc(Br)n1. The Bertz CT molecular complexity index is 240. The Morgan fingerprint density at radius 3 is 2.73 bits per heavy atom. The summed E-state index contributed by atoms with van der Waals surface area (Å²) in [7, 11) is 0. The molecular formula is C7H6BrF2N. The van der Waals surface area contributed by atoms with E-state index < -0.39 is 6.43 Å². The topological polar surface area (TPSA) is 12.9 Å². The summed E-state index contributed by atoms with van der Waals surface area (Å²) in [5.41, 5.74) is 0.411. The van der Waals surface area contributed by atoms with Gasteiger partial charge >= 0.3 is 0 Å². The van der Waals surface area contributed by atoms with Gasteiger partial charge in [-0.15, -0.1) is 0 Å². The molecule has 0 fully saturated rings. The number of hydrogen-bond acceptors (Lipinski definition) is 1. The summed E-state index contributed by atoms with van der Waals surface area (Å²) in [6.45, 7) is 0. The van der Waals surface area contributed by atoms with E-state index in [9.17, 15) is 8.78 Å². The molecule has 0 aliphatic carbocycles. The van der Waals surface area contributed by atoms with Crippen molar-refractivity contribution >= 4 is 15.9 Å². The summed E-state index contributed by atoms with van der Waals surface area (Å²) < 4.78 is 24.2. The van der Waals surface area contributed by atoms with Gasteiger partial charge in [0.2, 0.25) is 6.43 Å². The first-order valence-electron chi connectivity index (χ1n) is 3.08. The van der Waals surface area contributed by atoms with Crippen LogP contribution in [0.25, 0.3) is 0 Å². The maximum Gasteiger partial charge on any atom is 0.244 e. The Labute approximate surface area is 71.6 Å². The van der Waals surface area contributed by atoms with E-state index in [4.69, 9.17) is 0 Å². The van der Waals surface area contributed by atoms with Gasteiger partial charge in [-0.05, 0) is 28.1 Å². The number of halogens is 3. The summed E-state index contributed by atoms with van der Waals surface area (Å²) >= 11 is 3.10. The third-order valence-corrected chi connectivity index (χ3v) is 1.58. The predicted molar refractivity (Wildman–Crippen MR) is 41.6 cm³/mol. The van der Waals surface area contributed by atoms with Crippen molar-refractivity contribution in [2.24, 2.45) is 0 Å². The molecule has 0 amide bonds. The number of alkyl halides is 2. The van der Waals surface area contributed by atoms with Crippen LogP contribution in [0.5, 0.6) is 0 Å². The van der Waals surface area contributed by atoms with Gasteiger partial charge in [0.25, 0.3) is 0 Å². The van der Waals surface area contributed by atoms with Crippen molar-refractivity contribution in [2.75, 3.05) is 0 Å². The fraction of sp³-hybridized carbons (Fsp3) is 0.286. The molecule has 0 aliphatic rings. The Hall–Kier alpha value is -0.510. The van der Waals surface area contributed by atoms with Gasteiger partial charge in [-0.3, -0.25) is 0 Å². The van der Waals surface area contributed by atoms with Crippen LogP contribution < -0.4 is 0 Å². The van der Waals surface area contributed by atoms with Crippen LogP contribution in [0.15, 0.2) is 22.8 Å². The van der Waals surface area contributed by atoms with Crippen LogP contribution in [-0.4, -0.2) is 11.4 Å². The molecule has 0 aromatic carbocycles. The summed E-state index contributed by atoms with van der Waals surface area (Å²) in [4.78, 5) is 3.85. The summed E-state index contributed by atoms with van der Waals surface area (Å²) in [6.07, 6.45) is -2.60. The average Bonchev–Trinajstić information content (AvgIpc) is 1.85. The highest BCUT2D eigenvalue weighted by molar-refractivity contribution is 9.10. The monoisotopic (exact) mass is 221 g/mol. The van der Waals surface area contributed by atoms with Gasteiger partial charge in [0.15, 0.2) is 0 Å². The molecule has 0 saturated carbocycles. The molecule has 0 radical (unpaired) electrons. The fourth-order valence-corrected chi connectivity index (χ4v) is 1.10. The fourth-order valence-electron chi connectivity index (χ4n) is 0.722. The maximum atomic E-state index is 11.8. The third-order valence-electron chi connectivity index (χ3n) is 1.14. The molecule has 1 aromatic heterocycles. The van der Waals surface area contributed by atoms with Crippen LogP contribution in [0, 0.1) is 0 Å². The Morgan fingerprint density at radius 1 is 1.45 bits per heavy atom. The normalized spacial score (nSPS) is 10.5. The number of pyridine rings is 1. The Balaban J connectivity index is 2.71. The van der Waals surface area contributed by atoms with E-state index in [-0.39, 0.29) is 6.42 Å². The first-order chi connectivity index (χ1) is 5.18. The number of aromatic nitrogens is 1. The quantitative estimate of drug-likeness (QED) is 0.701. The van der Waals surface area contributed by atoms with Gasteiger partial charge in [-0.1, -0.05) is 6.07 Å². The van der Waals surface area contributed by atoms with Gasteiger partial charge in [0.05, 0.1) is 6.42 Å². The van der Waals surface area contributed by atoms with Crippen molar-refractivity contribution in [3.63, 3.8) is 0 Å². The second-order valence-electron chi connectivity index (χ2n) is 2.05. The van der Waals surface area contributed by atoms with Crippen LogP contribution in [-0.2, 0) is 6.42 Å². The molecule has 1 rings (SSSR count). The average molecular weight is 222 g/mol. The van der Waals surface area contributed by atoms with Crippen molar-refractivity contribution in [1.29, 1.82) is 0 Å². The van der Waals surface area contributed by atoms with E-state index in [2.05, 4.69) is 20.9 Å². The molecule has 0 saturated heterocycles. The molecule has 11 heavy (non-hydrogen) atoms. The second-order valence-corrected chi connectivity index (χ2v) is 2.86. The molecule has 0 aliphatic heterocycles. The van der Waals surface area contributed by atoms with Crippen molar-refractivity contribution in [3.05, 3.63) is 28.5 Å². The molecule has 0 bridgehead atoms. The molecule has 1 aromatic rings. The van der Waals surface area contributed by atoms with E-state index >= 15 is 0 Å². The maximum absolute atomic E-state index is 11.8. The highest BCUT2D eigenvalue weighted by atomic mass is 79.9. The van der Waals surface area contributed by atoms with Gasteiger partial charge in [-0.2, -0.15) is 0 Å². The van der Waals surface area contributed by atoms with Crippen molar-refractivity contribution in [1.82, 2.24) is 4.98 Å². The third kappa shape index (κ3) is 2.93. The van der Waals surface area contributed by atoms with Crippen LogP contribution >= 0.6 is 15.9 Å². The van der Waals surface area contributed by atoms with Gasteiger partial charge in [-0.25, -0.2) is 13.8 Å². The first kappa shape index (κ1) is 8.59. The van der Waals surface area contributed by atoms with Crippen molar-refractivity contribution in [3.8, 4) is 0 Å². The molecule has 60 valence electrons. The minimum Gasteiger partial charge on any atom is -0.246 e. The van der Waals surface area contributed by atoms with Crippen molar-refractivity contribution in [2.45, 2.75) is 12.8 Å². The number of nitrogens with zero attached hydrogens (tertiary/aromatic N) is 1. The molecule has 0 atom stereocenters. The van der Waals surface area contributed by atoms with Crippen LogP contribution in [0.1, 0.15) is 5.69 Å². The van der Waals surface area contributed by atoms with Crippen LogP contribution in [0.4, 0.5) is 8.78 Å². The first-order valence-corrected chi connectivity index (χ1v) is 3.87. The molecule has 1 heterocycles. The number of rotatable bonds is 2. The standard InChI is InChI=1S/C7H6BrF2N/c8-6-3-1-2-5(11-6)4-7(9)10/h1-3,7H,4H2. The van der Waals surface area contributed by atoms with Gasteiger partial charge in [0, 0.05) is 5.69 Å². The Kier molecular flexibility index (Phi) is 2.93. The van der Waals surface area contributed by atoms with Crippen LogP contribution in [0.3, 0.4) is 0 Å². The molecule has 0 N–H and O–H groups in total. The van der Waals surface area contributed by atoms with E-state index in [0.29, 0.717) is 10.3 Å². The largest absolute Gasteiger partial charge is 0.246 e. The van der Waals surface area contributed by atoms with E-state index in [1.54, 1.807) is 18.2 Å². The molecule has 0 unspecified atom stereocenters. The minimum absolute atomic E-state index is 0.278. The molecule has 0 spiro atoms. The smallest absolute Gasteiger partial charge is 0.244 e. The van der Waals surface area contributed by atoms with E-state index in [0.717, 1.165) is 0 Å². The lowest BCUT2D eigenvalue weighted by atomic mass is 10.3. The second kappa shape index (κ2) is 3.76. The summed E-state index contributed by atoms with van der Waals surface area (Å²) in [6, 6.07) is 4.97.